The zero-order chi connectivity index (χ0) is 25.3. The van der Waals surface area contributed by atoms with Gasteiger partial charge in [-0.15, -0.1) is 0 Å². The molecule has 1 aliphatic carbocycles. The van der Waals surface area contributed by atoms with Crippen LogP contribution in [0.1, 0.15) is 53.9 Å². The summed E-state index contributed by atoms with van der Waals surface area (Å²) in [5.41, 5.74) is 3.92. The molecule has 1 aliphatic heterocycles. The fourth-order valence-corrected chi connectivity index (χ4v) is 5.93. The quantitative estimate of drug-likeness (QED) is 0.540. The molecule has 3 heterocycles. The van der Waals surface area contributed by atoms with E-state index in [1.54, 1.807) is 29.6 Å². The fourth-order valence-electron chi connectivity index (χ4n) is 5.47. The summed E-state index contributed by atoms with van der Waals surface area (Å²) in [6, 6.07) is 7.13. The lowest BCUT2D eigenvalue weighted by Crippen LogP contribution is -2.42. The Bertz CT molecular complexity index is 1360. The number of ether oxygens (including phenoxy) is 1. The minimum atomic E-state index is -3.72. The van der Waals surface area contributed by atoms with Crippen LogP contribution in [-0.4, -0.2) is 62.3 Å². The van der Waals surface area contributed by atoms with Crippen LogP contribution >= 0.6 is 0 Å². The number of rotatable bonds is 6. The highest BCUT2D eigenvalue weighted by molar-refractivity contribution is 7.89. The first-order valence-electron chi connectivity index (χ1n) is 12.4. The van der Waals surface area contributed by atoms with E-state index in [9.17, 15) is 18.0 Å². The standard InChI is InChI=1S/C26H31N3O6S/c1-36(32,33)27-26(31)19-7-8-21-22(15-19)29(16-23(30)28-10-13-34-14-11-28)25(20-9-12-35-17-20)24(21)18-5-3-2-4-6-18/h7-9,12,15,17-18H,2-6,10-11,13-14,16H2,1H3,(H,27,31). The number of nitrogens with zero attached hydrogens (tertiary/aromatic N) is 2. The Hall–Kier alpha value is -3.11. The lowest BCUT2D eigenvalue weighted by atomic mass is 9.82. The molecule has 1 aromatic carbocycles. The Balaban J connectivity index is 1.68. The number of fused-ring (bicyclic) bond motifs is 1. The zero-order valence-corrected chi connectivity index (χ0v) is 21.2. The molecule has 1 saturated heterocycles. The molecule has 0 spiro atoms. The number of aromatic nitrogens is 1. The molecule has 0 radical (unpaired) electrons. The maximum absolute atomic E-state index is 13.4. The summed E-state index contributed by atoms with van der Waals surface area (Å²) in [6.45, 7) is 2.19. The number of morpholine rings is 1. The largest absolute Gasteiger partial charge is 0.472 e. The monoisotopic (exact) mass is 513 g/mol. The third-order valence-electron chi connectivity index (χ3n) is 7.11. The summed E-state index contributed by atoms with van der Waals surface area (Å²) in [4.78, 5) is 27.9. The van der Waals surface area contributed by atoms with Crippen LogP contribution in [0, 0.1) is 0 Å². The van der Waals surface area contributed by atoms with E-state index >= 15 is 0 Å². The van der Waals surface area contributed by atoms with Crippen molar-refractivity contribution in [2.24, 2.45) is 0 Å². The molecule has 36 heavy (non-hydrogen) atoms. The highest BCUT2D eigenvalue weighted by Gasteiger charge is 2.29. The van der Waals surface area contributed by atoms with Crippen molar-refractivity contribution in [3.63, 3.8) is 0 Å². The molecule has 0 atom stereocenters. The van der Waals surface area contributed by atoms with Gasteiger partial charge in [-0.1, -0.05) is 25.3 Å². The topological polar surface area (TPSA) is 111 Å². The van der Waals surface area contributed by atoms with Crippen LogP contribution in [0.5, 0.6) is 0 Å². The highest BCUT2D eigenvalue weighted by Crippen LogP contribution is 2.44. The summed E-state index contributed by atoms with van der Waals surface area (Å²) < 4.78 is 38.2. The van der Waals surface area contributed by atoms with Crippen molar-refractivity contribution in [3.8, 4) is 11.3 Å². The normalized spacial score (nSPS) is 17.4. The number of hydrogen-bond donors (Lipinski definition) is 1. The average molecular weight is 514 g/mol. The van der Waals surface area contributed by atoms with Crippen molar-refractivity contribution in [1.82, 2.24) is 14.2 Å². The van der Waals surface area contributed by atoms with Crippen LogP contribution in [0.3, 0.4) is 0 Å². The van der Waals surface area contributed by atoms with Crippen LogP contribution in [0.4, 0.5) is 0 Å². The Morgan fingerprint density at radius 2 is 1.83 bits per heavy atom. The summed E-state index contributed by atoms with van der Waals surface area (Å²) in [5.74, 6) is -0.404. The van der Waals surface area contributed by atoms with Crippen LogP contribution in [0.25, 0.3) is 22.2 Å². The number of nitrogens with one attached hydrogen (secondary N) is 1. The van der Waals surface area contributed by atoms with E-state index in [1.807, 2.05) is 21.4 Å². The van der Waals surface area contributed by atoms with Gasteiger partial charge < -0.3 is 18.6 Å². The second-order valence-corrected chi connectivity index (χ2v) is 11.4. The molecule has 1 saturated carbocycles. The molecule has 0 bridgehead atoms. The van der Waals surface area contributed by atoms with Gasteiger partial charge in [0, 0.05) is 29.6 Å². The zero-order valence-electron chi connectivity index (χ0n) is 20.4. The SMILES string of the molecule is CS(=O)(=O)NC(=O)c1ccc2c(C3CCCCC3)c(-c3ccoc3)n(CC(=O)N3CCOCC3)c2c1. The van der Waals surface area contributed by atoms with Crippen LogP contribution in [0.2, 0.25) is 0 Å². The Morgan fingerprint density at radius 1 is 1.08 bits per heavy atom. The first-order valence-corrected chi connectivity index (χ1v) is 14.3. The van der Waals surface area contributed by atoms with E-state index in [0.717, 1.165) is 59.7 Å². The van der Waals surface area contributed by atoms with Crippen molar-refractivity contribution < 1.29 is 27.2 Å². The number of amides is 2. The van der Waals surface area contributed by atoms with E-state index in [-0.39, 0.29) is 18.0 Å². The van der Waals surface area contributed by atoms with E-state index in [2.05, 4.69) is 0 Å². The molecule has 192 valence electrons. The minimum Gasteiger partial charge on any atom is -0.472 e. The molecule has 1 N–H and O–H groups in total. The highest BCUT2D eigenvalue weighted by atomic mass is 32.2. The second-order valence-electron chi connectivity index (χ2n) is 9.62. The van der Waals surface area contributed by atoms with Crippen LogP contribution < -0.4 is 4.72 Å². The number of hydrogen-bond acceptors (Lipinski definition) is 6. The fraction of sp³-hybridized carbons (Fsp3) is 0.462. The van der Waals surface area contributed by atoms with Gasteiger partial charge in [-0.3, -0.25) is 9.59 Å². The van der Waals surface area contributed by atoms with Gasteiger partial charge in [-0.05, 0) is 42.5 Å². The number of carbonyl (C=O) groups is 2. The molecule has 9 nitrogen and oxygen atoms in total. The summed E-state index contributed by atoms with van der Waals surface area (Å²) in [7, 11) is -3.72. The van der Waals surface area contributed by atoms with Crippen molar-refractivity contribution in [3.05, 3.63) is 47.9 Å². The van der Waals surface area contributed by atoms with Crippen LogP contribution in [0.15, 0.2) is 41.2 Å². The Labute approximate surface area is 210 Å². The molecule has 0 unspecified atom stereocenters. The molecule has 2 aliphatic rings. The predicted molar refractivity (Wildman–Crippen MR) is 135 cm³/mol. The van der Waals surface area contributed by atoms with Crippen molar-refractivity contribution >= 4 is 32.7 Å². The van der Waals surface area contributed by atoms with E-state index in [4.69, 9.17) is 9.15 Å². The summed E-state index contributed by atoms with van der Waals surface area (Å²) in [5, 5.41) is 0.976. The van der Waals surface area contributed by atoms with Gasteiger partial charge >= 0.3 is 0 Å². The van der Waals surface area contributed by atoms with Crippen LogP contribution in [-0.2, 0) is 26.1 Å². The maximum Gasteiger partial charge on any atom is 0.264 e. The number of carbonyl (C=O) groups excluding carboxylic acids is 2. The lowest BCUT2D eigenvalue weighted by Gasteiger charge is -2.27. The number of furan rings is 1. The first-order chi connectivity index (χ1) is 17.3. The molecule has 10 heteroatoms. The number of benzene rings is 1. The van der Waals surface area contributed by atoms with Gasteiger partial charge in [-0.25, -0.2) is 13.1 Å². The summed E-state index contributed by atoms with van der Waals surface area (Å²) in [6.07, 6.45) is 9.86. The predicted octanol–water partition coefficient (Wildman–Crippen LogP) is 3.50. The maximum atomic E-state index is 13.4. The van der Waals surface area contributed by atoms with E-state index in [0.29, 0.717) is 32.2 Å². The van der Waals surface area contributed by atoms with Gasteiger partial charge in [0.15, 0.2) is 0 Å². The molecule has 2 amide bonds. The minimum absolute atomic E-state index is 0.0267. The van der Waals surface area contributed by atoms with Gasteiger partial charge in [0.2, 0.25) is 15.9 Å². The van der Waals surface area contributed by atoms with Gasteiger partial charge in [-0.2, -0.15) is 0 Å². The second kappa shape index (κ2) is 10.1. The van der Waals surface area contributed by atoms with Crippen molar-refractivity contribution in [2.75, 3.05) is 32.6 Å². The molecular formula is C26H31N3O6S. The van der Waals surface area contributed by atoms with E-state index in [1.165, 1.54) is 6.42 Å². The molecule has 3 aromatic rings. The van der Waals surface area contributed by atoms with Crippen molar-refractivity contribution in [1.29, 1.82) is 0 Å². The summed E-state index contributed by atoms with van der Waals surface area (Å²) >= 11 is 0. The molecule has 5 rings (SSSR count). The van der Waals surface area contributed by atoms with Crippen molar-refractivity contribution in [2.45, 2.75) is 44.6 Å². The van der Waals surface area contributed by atoms with Gasteiger partial charge in [0.05, 0.1) is 43.2 Å². The third kappa shape index (κ3) is 5.05. The average Bonchev–Trinajstić information content (AvgIpc) is 3.50. The first kappa shape index (κ1) is 24.6. The molecule has 2 fully saturated rings. The third-order valence-corrected chi connectivity index (χ3v) is 7.67. The number of sulfonamides is 1. The Kier molecular flexibility index (Phi) is 6.90. The molecule has 2 aromatic heterocycles. The van der Waals surface area contributed by atoms with E-state index < -0.39 is 15.9 Å². The Morgan fingerprint density at radius 3 is 2.50 bits per heavy atom. The lowest BCUT2D eigenvalue weighted by molar-refractivity contribution is -0.135. The van der Waals surface area contributed by atoms with Gasteiger partial charge in [0.1, 0.15) is 6.54 Å². The van der Waals surface area contributed by atoms with Gasteiger partial charge in [0.25, 0.3) is 5.91 Å². The molecular weight excluding hydrogens is 482 g/mol. The smallest absolute Gasteiger partial charge is 0.264 e.